The molecule has 6 heteroatoms. The molecule has 0 amide bonds. The second-order valence-electron chi connectivity index (χ2n) is 5.87. The highest BCUT2D eigenvalue weighted by Crippen LogP contribution is 2.28. The van der Waals surface area contributed by atoms with E-state index < -0.39 is 0 Å². The Labute approximate surface area is 136 Å². The van der Waals surface area contributed by atoms with Crippen molar-refractivity contribution in [1.82, 2.24) is 9.97 Å². The lowest BCUT2D eigenvalue weighted by atomic mass is 10.2. The molecule has 1 fully saturated rings. The lowest BCUT2D eigenvalue weighted by Gasteiger charge is -2.34. The van der Waals surface area contributed by atoms with Gasteiger partial charge in [0.15, 0.2) is 0 Å². The Morgan fingerprint density at radius 3 is 3.00 bits per heavy atom. The van der Waals surface area contributed by atoms with Gasteiger partial charge in [0.25, 0.3) is 0 Å². The number of rotatable bonds is 4. The molecule has 2 aromatic heterocycles. The van der Waals surface area contributed by atoms with Gasteiger partial charge in [-0.1, -0.05) is 6.07 Å². The molecule has 0 radical (unpaired) electrons. The van der Waals surface area contributed by atoms with E-state index in [1.807, 2.05) is 24.3 Å². The lowest BCUT2D eigenvalue weighted by Crippen LogP contribution is -2.44. The molecule has 2 atom stereocenters. The van der Waals surface area contributed by atoms with Gasteiger partial charge in [-0.05, 0) is 26.0 Å². The zero-order chi connectivity index (χ0) is 16.2. The van der Waals surface area contributed by atoms with Gasteiger partial charge in [-0.3, -0.25) is 4.98 Å². The predicted molar refractivity (Wildman–Crippen MR) is 92.6 cm³/mol. The number of ether oxygens (including phenoxy) is 1. The van der Waals surface area contributed by atoms with E-state index in [0.717, 1.165) is 37.0 Å². The summed E-state index contributed by atoms with van der Waals surface area (Å²) in [5.41, 5.74) is 8.59. The summed E-state index contributed by atoms with van der Waals surface area (Å²) in [6.07, 6.45) is 3.51. The Kier molecular flexibility index (Phi) is 4.62. The van der Waals surface area contributed by atoms with Crippen molar-refractivity contribution in [3.8, 4) is 0 Å². The number of nitrogen functional groups attached to an aromatic ring is 1. The molecule has 3 heterocycles. The summed E-state index contributed by atoms with van der Waals surface area (Å²) in [5, 5.41) is 3.44. The molecule has 2 unspecified atom stereocenters. The minimum atomic E-state index is 0.0656. The van der Waals surface area contributed by atoms with Crippen LogP contribution in [0.3, 0.4) is 0 Å². The topological polar surface area (TPSA) is 76.3 Å². The second kappa shape index (κ2) is 6.83. The summed E-state index contributed by atoms with van der Waals surface area (Å²) >= 11 is 0. The molecule has 0 aliphatic carbocycles. The smallest absolute Gasteiger partial charge is 0.131 e. The third-order valence-electron chi connectivity index (χ3n) is 4.09. The van der Waals surface area contributed by atoms with Crippen LogP contribution in [0.5, 0.6) is 0 Å². The lowest BCUT2D eigenvalue weighted by molar-refractivity contribution is 0.0985. The number of pyridine rings is 2. The van der Waals surface area contributed by atoms with Crippen LogP contribution in [0.25, 0.3) is 0 Å². The molecular weight excluding hydrogens is 290 g/mol. The summed E-state index contributed by atoms with van der Waals surface area (Å²) in [7, 11) is 0. The number of morpholine rings is 1. The van der Waals surface area contributed by atoms with E-state index in [9.17, 15) is 0 Å². The first-order chi connectivity index (χ1) is 11.1. The van der Waals surface area contributed by atoms with Crippen LogP contribution < -0.4 is 16.0 Å². The summed E-state index contributed by atoms with van der Waals surface area (Å²) in [5.74, 6) is 0.922. The van der Waals surface area contributed by atoms with Crippen molar-refractivity contribution in [3.63, 3.8) is 0 Å². The minimum absolute atomic E-state index is 0.0656. The van der Waals surface area contributed by atoms with Crippen molar-refractivity contribution < 1.29 is 4.74 Å². The molecule has 0 aromatic carbocycles. The average Bonchev–Trinajstić information content (AvgIpc) is 2.58. The molecule has 3 rings (SSSR count). The van der Waals surface area contributed by atoms with Gasteiger partial charge in [-0.2, -0.15) is 0 Å². The fourth-order valence-electron chi connectivity index (χ4n) is 2.74. The van der Waals surface area contributed by atoms with Gasteiger partial charge in [0, 0.05) is 18.8 Å². The maximum absolute atomic E-state index is 6.09. The standard InChI is InChI=1S/C17H23N5O/c1-12-11-23-8-7-22(12)17-9-16(14(18)10-20-17)21-13(2)15-5-3-4-6-19-15/h3-6,9-10,12-13H,7-8,11,18H2,1-2H3,(H,20,21). The SMILES string of the molecule is CC(Nc1cc(N2CCOCC2C)ncc1N)c1ccccn1. The van der Waals surface area contributed by atoms with Crippen molar-refractivity contribution in [2.75, 3.05) is 35.7 Å². The van der Waals surface area contributed by atoms with E-state index in [1.165, 1.54) is 0 Å². The molecule has 23 heavy (non-hydrogen) atoms. The Morgan fingerprint density at radius 1 is 1.39 bits per heavy atom. The largest absolute Gasteiger partial charge is 0.396 e. The van der Waals surface area contributed by atoms with Gasteiger partial charge in [0.2, 0.25) is 0 Å². The molecular formula is C17H23N5O. The number of hydrogen-bond acceptors (Lipinski definition) is 6. The van der Waals surface area contributed by atoms with Crippen LogP contribution in [0.1, 0.15) is 25.6 Å². The second-order valence-corrected chi connectivity index (χ2v) is 5.87. The first-order valence-electron chi connectivity index (χ1n) is 7.92. The van der Waals surface area contributed by atoms with Crippen molar-refractivity contribution in [3.05, 3.63) is 42.4 Å². The van der Waals surface area contributed by atoms with E-state index in [0.29, 0.717) is 11.7 Å². The van der Waals surface area contributed by atoms with Crippen LogP contribution in [0.2, 0.25) is 0 Å². The van der Waals surface area contributed by atoms with Gasteiger partial charge in [0.05, 0.1) is 48.6 Å². The highest BCUT2D eigenvalue weighted by atomic mass is 16.5. The van der Waals surface area contributed by atoms with E-state index >= 15 is 0 Å². The molecule has 3 N–H and O–H groups in total. The molecule has 1 aliphatic heterocycles. The van der Waals surface area contributed by atoms with E-state index in [4.69, 9.17) is 10.5 Å². The molecule has 0 bridgehead atoms. The maximum atomic E-state index is 6.09. The predicted octanol–water partition coefficient (Wildman–Crippen LogP) is 2.46. The van der Waals surface area contributed by atoms with E-state index in [1.54, 1.807) is 12.4 Å². The van der Waals surface area contributed by atoms with E-state index in [-0.39, 0.29) is 6.04 Å². The Hall–Kier alpha value is -2.34. The van der Waals surface area contributed by atoms with E-state index in [2.05, 4.69) is 34.0 Å². The number of nitrogens with two attached hydrogens (primary N) is 1. The van der Waals surface area contributed by atoms with Crippen molar-refractivity contribution in [2.24, 2.45) is 0 Å². The van der Waals surface area contributed by atoms with Crippen LogP contribution in [0, 0.1) is 0 Å². The number of aromatic nitrogens is 2. The quantitative estimate of drug-likeness (QED) is 0.903. The third kappa shape index (κ3) is 3.53. The number of nitrogens with zero attached hydrogens (tertiary/aromatic N) is 3. The van der Waals surface area contributed by atoms with Crippen LogP contribution >= 0.6 is 0 Å². The Balaban J connectivity index is 1.80. The normalized spacial score (nSPS) is 19.4. The van der Waals surface area contributed by atoms with Gasteiger partial charge in [-0.25, -0.2) is 4.98 Å². The highest BCUT2D eigenvalue weighted by molar-refractivity contribution is 5.69. The fourth-order valence-corrected chi connectivity index (χ4v) is 2.74. The van der Waals surface area contributed by atoms with Gasteiger partial charge < -0.3 is 20.7 Å². The summed E-state index contributed by atoms with van der Waals surface area (Å²) < 4.78 is 5.49. The van der Waals surface area contributed by atoms with Gasteiger partial charge >= 0.3 is 0 Å². The first-order valence-corrected chi connectivity index (χ1v) is 7.92. The summed E-state index contributed by atoms with van der Waals surface area (Å²) in [6.45, 7) is 6.50. The molecule has 122 valence electrons. The number of anilines is 3. The minimum Gasteiger partial charge on any atom is -0.396 e. The monoisotopic (exact) mass is 313 g/mol. The Morgan fingerprint density at radius 2 is 2.26 bits per heavy atom. The first kappa shape index (κ1) is 15.6. The van der Waals surface area contributed by atoms with Gasteiger partial charge in [0.1, 0.15) is 5.82 Å². The average molecular weight is 313 g/mol. The Bertz CT molecular complexity index is 649. The zero-order valence-electron chi connectivity index (χ0n) is 13.6. The molecule has 1 aliphatic rings. The summed E-state index contributed by atoms with van der Waals surface area (Å²) in [6, 6.07) is 8.28. The number of hydrogen-bond donors (Lipinski definition) is 2. The molecule has 1 saturated heterocycles. The molecule has 0 spiro atoms. The molecule has 6 nitrogen and oxygen atoms in total. The van der Waals surface area contributed by atoms with Crippen molar-refractivity contribution in [2.45, 2.75) is 25.9 Å². The van der Waals surface area contributed by atoms with Crippen LogP contribution in [0.4, 0.5) is 17.2 Å². The zero-order valence-corrected chi connectivity index (χ0v) is 13.6. The maximum Gasteiger partial charge on any atom is 0.131 e. The third-order valence-corrected chi connectivity index (χ3v) is 4.09. The van der Waals surface area contributed by atoms with Crippen LogP contribution in [-0.2, 0) is 4.74 Å². The van der Waals surface area contributed by atoms with Gasteiger partial charge in [-0.15, -0.1) is 0 Å². The fraction of sp³-hybridized carbons (Fsp3) is 0.412. The number of nitrogens with one attached hydrogen (secondary N) is 1. The van der Waals surface area contributed by atoms with Crippen molar-refractivity contribution in [1.29, 1.82) is 0 Å². The highest BCUT2D eigenvalue weighted by Gasteiger charge is 2.21. The molecule has 0 saturated carbocycles. The van der Waals surface area contributed by atoms with Crippen LogP contribution in [0.15, 0.2) is 36.7 Å². The molecule has 2 aromatic rings. The summed E-state index contributed by atoms with van der Waals surface area (Å²) in [4.78, 5) is 11.1. The van der Waals surface area contributed by atoms with Crippen molar-refractivity contribution >= 4 is 17.2 Å². The van der Waals surface area contributed by atoms with Crippen LogP contribution in [-0.4, -0.2) is 35.8 Å².